The number of carboxylic acids is 1. The van der Waals surface area contributed by atoms with Crippen LogP contribution in [0.4, 0.5) is 13.2 Å². The highest BCUT2D eigenvalue weighted by Crippen LogP contribution is 2.36. The van der Waals surface area contributed by atoms with Crippen molar-refractivity contribution in [1.29, 1.82) is 0 Å². The van der Waals surface area contributed by atoms with E-state index in [1.807, 2.05) is 12.2 Å². The number of carboxylic acid groups (broad SMARTS) is 1. The summed E-state index contributed by atoms with van der Waals surface area (Å²) in [5, 5.41) is 9.01. The predicted octanol–water partition coefficient (Wildman–Crippen LogP) is 5.16. The standard InChI is InChI=1S/C28H22F3NO4/c29-28(30,31)25-9-6-18(11-24(25)20-4-2-1-3-5-20)16-35-23-8-7-21-10-19(17-36-26(21)12-23)13-32-14-22(15-32)27(33)34/h1-5,7,10-11,22H,8,13-17H2,(H,33,34). The summed E-state index contributed by atoms with van der Waals surface area (Å²) in [7, 11) is 0. The highest BCUT2D eigenvalue weighted by molar-refractivity contribution is 5.71. The molecule has 2 aromatic rings. The smallest absolute Gasteiger partial charge is 0.424 e. The first-order chi connectivity index (χ1) is 17.3. The van der Waals surface area contributed by atoms with Gasteiger partial charge in [0.1, 0.15) is 24.5 Å². The van der Waals surface area contributed by atoms with Gasteiger partial charge in [0.2, 0.25) is 0 Å². The maximum absolute atomic E-state index is 13.5. The summed E-state index contributed by atoms with van der Waals surface area (Å²) in [6.07, 6.45) is -0.0978. The van der Waals surface area contributed by atoms with Crippen molar-refractivity contribution in [1.82, 2.24) is 4.90 Å². The fraction of sp³-hybridized carbons (Fsp3) is 0.286. The van der Waals surface area contributed by atoms with Gasteiger partial charge in [0.25, 0.3) is 0 Å². The summed E-state index contributed by atoms with van der Waals surface area (Å²) in [6.45, 7) is 2.14. The number of halogens is 3. The molecule has 8 heteroatoms. The lowest BCUT2D eigenvalue weighted by molar-refractivity contribution is -0.147. The van der Waals surface area contributed by atoms with Gasteiger partial charge in [0, 0.05) is 42.8 Å². The Hall–Kier alpha value is -3.92. The first kappa shape index (κ1) is 23.8. The van der Waals surface area contributed by atoms with Crippen molar-refractivity contribution in [3.8, 4) is 11.1 Å². The van der Waals surface area contributed by atoms with Crippen LogP contribution >= 0.6 is 0 Å². The number of benzene rings is 1. The summed E-state index contributed by atoms with van der Waals surface area (Å²) in [6, 6.07) is 14.6. The molecule has 184 valence electrons. The number of fused-ring (bicyclic) bond motifs is 1. The van der Waals surface area contributed by atoms with E-state index in [4.69, 9.17) is 14.6 Å². The summed E-state index contributed by atoms with van der Waals surface area (Å²) < 4.78 is 52.2. The van der Waals surface area contributed by atoms with Crippen LogP contribution < -0.4 is 0 Å². The number of hydrogen-bond donors (Lipinski definition) is 1. The van der Waals surface area contributed by atoms with Crippen molar-refractivity contribution in [2.75, 3.05) is 26.2 Å². The molecule has 0 saturated carbocycles. The fourth-order valence-electron chi connectivity index (χ4n) is 4.35. The zero-order valence-corrected chi connectivity index (χ0v) is 19.2. The molecule has 0 atom stereocenters. The highest BCUT2D eigenvalue weighted by Gasteiger charge is 2.35. The van der Waals surface area contributed by atoms with E-state index in [-0.39, 0.29) is 18.1 Å². The number of alkyl halides is 3. The van der Waals surface area contributed by atoms with Crippen LogP contribution in [-0.2, 0) is 27.1 Å². The average Bonchev–Trinajstić information content (AvgIpc) is 2.84. The van der Waals surface area contributed by atoms with Gasteiger partial charge >= 0.3 is 12.1 Å². The molecular formula is C28H22F3NO4. The summed E-state index contributed by atoms with van der Waals surface area (Å²) in [5.74, 6) is 0.0126. The number of nitrogens with zero attached hydrogens (tertiary/aromatic N) is 1. The van der Waals surface area contributed by atoms with E-state index in [0.717, 1.165) is 11.1 Å². The van der Waals surface area contributed by atoms with Gasteiger partial charge in [0.05, 0.1) is 5.92 Å². The number of rotatable bonds is 7. The second kappa shape index (κ2) is 9.62. The first-order valence-corrected chi connectivity index (χ1v) is 11.5. The number of aliphatic carboxylic acids is 1. The van der Waals surface area contributed by atoms with Crippen molar-refractivity contribution in [2.24, 2.45) is 5.92 Å². The van der Waals surface area contributed by atoms with Gasteiger partial charge in [-0.3, -0.25) is 9.69 Å². The number of hydrogen-bond acceptors (Lipinski definition) is 4. The maximum atomic E-state index is 13.5. The number of carbonyl (C=O) groups is 1. The van der Waals surface area contributed by atoms with Crippen molar-refractivity contribution >= 4 is 5.97 Å². The van der Waals surface area contributed by atoms with E-state index < -0.39 is 17.7 Å². The van der Waals surface area contributed by atoms with Gasteiger partial charge in [-0.25, -0.2) is 0 Å². The van der Waals surface area contributed by atoms with Gasteiger partial charge in [-0.05, 0) is 29.0 Å². The second-order valence-corrected chi connectivity index (χ2v) is 8.92. The second-order valence-electron chi connectivity index (χ2n) is 8.92. The van der Waals surface area contributed by atoms with Crippen molar-refractivity contribution in [3.63, 3.8) is 0 Å². The van der Waals surface area contributed by atoms with Crippen LogP contribution in [0.3, 0.4) is 0 Å². The van der Waals surface area contributed by atoms with Crippen LogP contribution in [0.2, 0.25) is 0 Å². The molecule has 5 nitrogen and oxygen atoms in total. The highest BCUT2D eigenvalue weighted by atomic mass is 19.4. The predicted molar refractivity (Wildman–Crippen MR) is 124 cm³/mol. The van der Waals surface area contributed by atoms with E-state index >= 15 is 0 Å². The lowest BCUT2D eigenvalue weighted by Crippen LogP contribution is -2.51. The number of ether oxygens (including phenoxy) is 2. The maximum Gasteiger partial charge on any atom is 0.424 e. The molecule has 0 unspecified atom stereocenters. The molecule has 1 N–H and O–H groups in total. The van der Waals surface area contributed by atoms with E-state index in [1.165, 1.54) is 6.07 Å². The monoisotopic (exact) mass is 493 g/mol. The van der Waals surface area contributed by atoms with Crippen molar-refractivity contribution in [2.45, 2.75) is 19.2 Å². The Bertz CT molecular complexity index is 1300. The molecule has 0 bridgehead atoms. The molecule has 2 heterocycles. The minimum Gasteiger partial charge on any atom is -0.484 e. The van der Waals surface area contributed by atoms with Crippen LogP contribution in [0, 0.1) is 18.1 Å². The van der Waals surface area contributed by atoms with E-state index in [0.29, 0.717) is 55.3 Å². The van der Waals surface area contributed by atoms with Gasteiger partial charge in [-0.15, -0.1) is 0 Å². The Morgan fingerprint density at radius 1 is 1.19 bits per heavy atom. The zero-order chi connectivity index (χ0) is 25.3. The third-order valence-electron chi connectivity index (χ3n) is 6.22. The lowest BCUT2D eigenvalue weighted by atomic mass is 9.97. The Morgan fingerprint density at radius 2 is 1.97 bits per heavy atom. The number of likely N-dealkylation sites (tertiary alicyclic amines) is 1. The van der Waals surface area contributed by atoms with Gasteiger partial charge in [-0.1, -0.05) is 48.5 Å². The van der Waals surface area contributed by atoms with Crippen LogP contribution in [0.1, 0.15) is 17.5 Å². The van der Waals surface area contributed by atoms with Gasteiger partial charge < -0.3 is 14.6 Å². The SMILES string of the molecule is O=C(O)C1CN(CC2=CC3=CCC(OCc4c#cc(C(F)(F)F)c(-c5ccccc5)c4)=C=C3OC2)C1. The van der Waals surface area contributed by atoms with Crippen molar-refractivity contribution < 1.29 is 32.5 Å². The summed E-state index contributed by atoms with van der Waals surface area (Å²) in [4.78, 5) is 13.0. The number of allylic oxidation sites excluding steroid dienone is 1. The molecule has 2 aromatic carbocycles. The third kappa shape index (κ3) is 5.18. The molecule has 1 aliphatic carbocycles. The summed E-state index contributed by atoms with van der Waals surface area (Å²) in [5.41, 5.74) is 5.11. The molecule has 0 amide bonds. The fourth-order valence-corrected chi connectivity index (χ4v) is 4.35. The Labute approximate surface area is 206 Å². The quantitative estimate of drug-likeness (QED) is 0.540. The minimum atomic E-state index is -4.54. The Kier molecular flexibility index (Phi) is 6.36. The molecular weight excluding hydrogens is 471 g/mol. The van der Waals surface area contributed by atoms with E-state index in [2.05, 4.69) is 22.8 Å². The third-order valence-corrected chi connectivity index (χ3v) is 6.22. The molecule has 3 aliphatic rings. The minimum absolute atomic E-state index is 0.0219. The van der Waals surface area contributed by atoms with Gasteiger partial charge in [-0.2, -0.15) is 13.2 Å². The van der Waals surface area contributed by atoms with E-state index in [1.54, 1.807) is 30.3 Å². The molecule has 5 rings (SSSR count). The summed E-state index contributed by atoms with van der Waals surface area (Å²) >= 11 is 0. The molecule has 0 aromatic heterocycles. The molecule has 0 radical (unpaired) electrons. The molecule has 1 saturated heterocycles. The van der Waals surface area contributed by atoms with Crippen LogP contribution in [-0.4, -0.2) is 42.2 Å². The van der Waals surface area contributed by atoms with Crippen LogP contribution in [0.25, 0.3) is 11.1 Å². The Balaban J connectivity index is 1.26. The molecule has 2 aliphatic heterocycles. The van der Waals surface area contributed by atoms with E-state index in [9.17, 15) is 18.0 Å². The Morgan fingerprint density at radius 3 is 2.69 bits per heavy atom. The van der Waals surface area contributed by atoms with Crippen molar-refractivity contribution in [3.05, 3.63) is 100 Å². The van der Waals surface area contributed by atoms with Gasteiger partial charge in [0.15, 0.2) is 5.76 Å². The average molecular weight is 493 g/mol. The molecule has 1 fully saturated rings. The molecule has 36 heavy (non-hydrogen) atoms. The van der Waals surface area contributed by atoms with Crippen LogP contribution in [0.5, 0.6) is 0 Å². The topological polar surface area (TPSA) is 59.0 Å². The normalized spacial score (nSPS) is 17.9. The van der Waals surface area contributed by atoms with Crippen LogP contribution in [0.15, 0.2) is 76.9 Å². The first-order valence-electron chi connectivity index (χ1n) is 11.5. The lowest BCUT2D eigenvalue weighted by Gasteiger charge is -2.37. The zero-order valence-electron chi connectivity index (χ0n) is 19.2. The largest absolute Gasteiger partial charge is 0.484 e. The molecule has 0 spiro atoms.